The van der Waals surface area contributed by atoms with Gasteiger partial charge in [0.25, 0.3) is 0 Å². The fourth-order valence-electron chi connectivity index (χ4n) is 0.818. The maximum Gasteiger partial charge on any atom is 0.202 e. The largest absolute Gasteiger partial charge is 0.360 e. The van der Waals surface area contributed by atoms with Crippen LogP contribution in [0.25, 0.3) is 0 Å². The Morgan fingerprint density at radius 1 is 1.58 bits per heavy atom. The molecular weight excluding hydrogens is 190 g/mol. The van der Waals surface area contributed by atoms with E-state index < -0.39 is 0 Å². The van der Waals surface area contributed by atoms with Crippen LogP contribution >= 0.6 is 23.3 Å². The van der Waals surface area contributed by atoms with Crippen LogP contribution < -0.4 is 5.32 Å². The molecule has 0 aliphatic rings. The Labute approximate surface area is 81.1 Å². The normalized spacial score (nSPS) is 10.1. The molecule has 0 aliphatic carbocycles. The van der Waals surface area contributed by atoms with E-state index in [-0.39, 0.29) is 0 Å². The quantitative estimate of drug-likeness (QED) is 0.718. The Morgan fingerprint density at radius 2 is 2.50 bits per heavy atom. The van der Waals surface area contributed by atoms with Crippen molar-refractivity contribution in [2.75, 3.05) is 23.9 Å². The summed E-state index contributed by atoms with van der Waals surface area (Å²) in [6, 6.07) is 0. The van der Waals surface area contributed by atoms with Gasteiger partial charge in [0.05, 0.1) is 0 Å². The first-order valence-electron chi connectivity index (χ1n) is 3.93. The average molecular weight is 203 g/mol. The van der Waals surface area contributed by atoms with Gasteiger partial charge < -0.3 is 5.32 Å². The van der Waals surface area contributed by atoms with Gasteiger partial charge in [-0.2, -0.15) is 16.1 Å². The van der Waals surface area contributed by atoms with E-state index in [9.17, 15) is 0 Å². The minimum absolute atomic E-state index is 0.930. The molecule has 0 saturated heterocycles. The summed E-state index contributed by atoms with van der Waals surface area (Å²) in [5.41, 5.74) is 0. The van der Waals surface area contributed by atoms with Crippen LogP contribution in [0, 0.1) is 0 Å². The summed E-state index contributed by atoms with van der Waals surface area (Å²) in [6.07, 6.45) is 6.19. The number of nitrogens with zero attached hydrogens (tertiary/aromatic N) is 2. The maximum atomic E-state index is 4.03. The van der Waals surface area contributed by atoms with Crippen LogP contribution in [-0.2, 0) is 0 Å². The second-order valence-electron chi connectivity index (χ2n) is 2.37. The minimum atomic E-state index is 0.930. The summed E-state index contributed by atoms with van der Waals surface area (Å²) in [5.74, 6) is 1.25. The molecule has 68 valence electrons. The predicted octanol–water partition coefficient (Wildman–Crippen LogP) is 2.09. The molecule has 3 nitrogen and oxygen atoms in total. The Kier molecular flexibility index (Phi) is 5.10. The number of anilines is 1. The second kappa shape index (κ2) is 6.25. The molecule has 12 heavy (non-hydrogen) atoms. The summed E-state index contributed by atoms with van der Waals surface area (Å²) in [7, 11) is 0. The first kappa shape index (κ1) is 9.80. The number of unbranched alkanes of at least 4 members (excludes halogenated alkanes) is 1. The van der Waals surface area contributed by atoms with Crippen molar-refractivity contribution >= 4 is 28.4 Å². The number of aromatic nitrogens is 2. The average Bonchev–Trinajstić information content (AvgIpc) is 2.57. The standard InChI is InChI=1S/C7H13N3S2/c1-11-5-3-2-4-8-7-9-6-10-12-7/h6H,2-5H2,1H3,(H,8,9,10). The third-order valence-electron chi connectivity index (χ3n) is 1.41. The molecule has 0 saturated carbocycles. The first-order chi connectivity index (χ1) is 5.93. The number of rotatable bonds is 6. The van der Waals surface area contributed by atoms with Crippen molar-refractivity contribution in [3.05, 3.63) is 6.33 Å². The number of thioether (sulfide) groups is 1. The highest BCUT2D eigenvalue weighted by molar-refractivity contribution is 7.98. The van der Waals surface area contributed by atoms with Gasteiger partial charge in [0, 0.05) is 18.1 Å². The Bertz CT molecular complexity index is 189. The van der Waals surface area contributed by atoms with Crippen molar-refractivity contribution in [3.63, 3.8) is 0 Å². The van der Waals surface area contributed by atoms with Crippen LogP contribution in [0.15, 0.2) is 6.33 Å². The topological polar surface area (TPSA) is 37.8 Å². The summed E-state index contributed by atoms with van der Waals surface area (Å²) >= 11 is 3.31. The number of hydrogen-bond acceptors (Lipinski definition) is 5. The minimum Gasteiger partial charge on any atom is -0.360 e. The molecule has 5 heteroatoms. The molecule has 1 N–H and O–H groups in total. The molecule has 1 heterocycles. The zero-order valence-corrected chi connectivity index (χ0v) is 8.75. The van der Waals surface area contributed by atoms with Crippen molar-refractivity contribution in [2.45, 2.75) is 12.8 Å². The van der Waals surface area contributed by atoms with Gasteiger partial charge in [-0.3, -0.25) is 0 Å². The molecule has 0 aliphatic heterocycles. The fraction of sp³-hybridized carbons (Fsp3) is 0.714. The van der Waals surface area contributed by atoms with Crippen LogP contribution in [0.1, 0.15) is 12.8 Å². The maximum absolute atomic E-state index is 4.03. The number of hydrogen-bond donors (Lipinski definition) is 1. The van der Waals surface area contributed by atoms with Crippen molar-refractivity contribution in [3.8, 4) is 0 Å². The smallest absolute Gasteiger partial charge is 0.202 e. The van der Waals surface area contributed by atoms with Crippen LogP contribution in [0.4, 0.5) is 5.13 Å². The highest BCUT2D eigenvalue weighted by Gasteiger charge is 1.93. The number of nitrogens with one attached hydrogen (secondary N) is 1. The van der Waals surface area contributed by atoms with Crippen molar-refractivity contribution in [1.82, 2.24) is 9.36 Å². The molecule has 0 fully saturated rings. The summed E-state index contributed by atoms with van der Waals surface area (Å²) in [4.78, 5) is 4.03. The molecule has 0 radical (unpaired) electrons. The molecule has 0 amide bonds. The lowest BCUT2D eigenvalue weighted by Gasteiger charge is -1.99. The zero-order chi connectivity index (χ0) is 8.65. The van der Waals surface area contributed by atoms with Crippen LogP contribution in [0.3, 0.4) is 0 Å². The van der Waals surface area contributed by atoms with E-state index >= 15 is 0 Å². The van der Waals surface area contributed by atoms with E-state index in [1.807, 2.05) is 11.8 Å². The monoisotopic (exact) mass is 203 g/mol. The Morgan fingerprint density at radius 3 is 3.17 bits per heavy atom. The van der Waals surface area contributed by atoms with Gasteiger partial charge in [-0.25, -0.2) is 4.98 Å². The van der Waals surface area contributed by atoms with Gasteiger partial charge in [-0.05, 0) is 24.9 Å². The molecule has 0 aromatic carbocycles. The van der Waals surface area contributed by atoms with Gasteiger partial charge >= 0.3 is 0 Å². The van der Waals surface area contributed by atoms with E-state index in [1.54, 1.807) is 6.33 Å². The van der Waals surface area contributed by atoms with Crippen molar-refractivity contribution in [2.24, 2.45) is 0 Å². The lowest BCUT2D eigenvalue weighted by Crippen LogP contribution is -2.00. The van der Waals surface area contributed by atoms with Crippen LogP contribution in [-0.4, -0.2) is 27.9 Å². The highest BCUT2D eigenvalue weighted by atomic mass is 32.2. The predicted molar refractivity (Wildman–Crippen MR) is 56.0 cm³/mol. The van der Waals surface area contributed by atoms with E-state index in [1.165, 1.54) is 30.1 Å². The molecule has 1 rings (SSSR count). The Hall–Kier alpha value is -0.290. The molecule has 0 atom stereocenters. The van der Waals surface area contributed by atoms with E-state index in [4.69, 9.17) is 0 Å². The SMILES string of the molecule is CSCCCCNc1ncns1. The zero-order valence-electron chi connectivity index (χ0n) is 7.12. The second-order valence-corrected chi connectivity index (χ2v) is 4.14. The van der Waals surface area contributed by atoms with E-state index in [0.717, 1.165) is 11.7 Å². The first-order valence-corrected chi connectivity index (χ1v) is 6.09. The fourth-order valence-corrected chi connectivity index (χ4v) is 1.77. The molecule has 0 spiro atoms. The molecular formula is C7H13N3S2. The highest BCUT2D eigenvalue weighted by Crippen LogP contribution is 2.07. The van der Waals surface area contributed by atoms with Crippen molar-refractivity contribution in [1.29, 1.82) is 0 Å². The van der Waals surface area contributed by atoms with Gasteiger partial charge in [0.1, 0.15) is 6.33 Å². The van der Waals surface area contributed by atoms with Gasteiger partial charge in [0.2, 0.25) is 5.13 Å². The van der Waals surface area contributed by atoms with Crippen LogP contribution in [0.2, 0.25) is 0 Å². The Balaban J connectivity index is 1.96. The third-order valence-corrected chi connectivity index (χ3v) is 2.73. The summed E-state index contributed by atoms with van der Waals surface area (Å²) in [6.45, 7) is 1.01. The van der Waals surface area contributed by atoms with E-state index in [0.29, 0.717) is 0 Å². The van der Waals surface area contributed by atoms with Gasteiger partial charge in [-0.15, -0.1) is 0 Å². The van der Waals surface area contributed by atoms with E-state index in [2.05, 4.69) is 20.9 Å². The summed E-state index contributed by atoms with van der Waals surface area (Å²) in [5, 5.41) is 4.15. The lowest BCUT2D eigenvalue weighted by atomic mass is 10.3. The van der Waals surface area contributed by atoms with Crippen LogP contribution in [0.5, 0.6) is 0 Å². The molecule has 1 aromatic heterocycles. The molecule has 1 aromatic rings. The third kappa shape index (κ3) is 3.92. The summed E-state index contributed by atoms with van der Waals surface area (Å²) < 4.78 is 3.90. The van der Waals surface area contributed by atoms with Gasteiger partial charge in [0.15, 0.2) is 0 Å². The van der Waals surface area contributed by atoms with Crippen molar-refractivity contribution < 1.29 is 0 Å². The van der Waals surface area contributed by atoms with Gasteiger partial charge in [-0.1, -0.05) is 0 Å². The molecule has 0 unspecified atom stereocenters. The molecule has 0 bridgehead atoms. The lowest BCUT2D eigenvalue weighted by molar-refractivity contribution is 0.842.